The van der Waals surface area contributed by atoms with Gasteiger partial charge in [0.2, 0.25) is 0 Å². The molecule has 1 aromatic rings. The van der Waals surface area contributed by atoms with Gasteiger partial charge in [-0.2, -0.15) is 0 Å². The molecule has 5 heteroatoms. The van der Waals surface area contributed by atoms with Crippen molar-refractivity contribution >= 4 is 18.4 Å². The second-order valence-corrected chi connectivity index (χ2v) is 4.18. The van der Waals surface area contributed by atoms with E-state index in [1.807, 2.05) is 17.0 Å². The van der Waals surface area contributed by atoms with Crippen molar-refractivity contribution < 1.29 is 9.90 Å². The van der Waals surface area contributed by atoms with Crippen molar-refractivity contribution in [3.05, 3.63) is 30.1 Å². The summed E-state index contributed by atoms with van der Waals surface area (Å²) in [5, 5.41) is 9.13. The topological polar surface area (TPSA) is 53.4 Å². The third kappa shape index (κ3) is 3.68. The molecule has 1 unspecified atom stereocenters. The first-order valence-corrected chi connectivity index (χ1v) is 5.63. The number of aromatic nitrogens is 1. The van der Waals surface area contributed by atoms with Gasteiger partial charge in [0.05, 0.1) is 0 Å². The molecule has 0 bridgehead atoms. The summed E-state index contributed by atoms with van der Waals surface area (Å²) in [5.74, 6) is -0.705. The zero-order valence-electron chi connectivity index (χ0n) is 9.58. The van der Waals surface area contributed by atoms with Crippen molar-refractivity contribution in [2.45, 2.75) is 31.8 Å². The lowest BCUT2D eigenvalue weighted by molar-refractivity contribution is -0.144. The van der Waals surface area contributed by atoms with Gasteiger partial charge in [0.1, 0.15) is 6.04 Å². The van der Waals surface area contributed by atoms with E-state index in [1.54, 1.807) is 12.4 Å². The Morgan fingerprint density at radius 1 is 1.53 bits per heavy atom. The third-order valence-corrected chi connectivity index (χ3v) is 3.01. The van der Waals surface area contributed by atoms with Gasteiger partial charge >= 0.3 is 5.97 Å². The van der Waals surface area contributed by atoms with E-state index in [0.29, 0.717) is 6.54 Å². The number of hydrogen-bond donors (Lipinski definition) is 1. The van der Waals surface area contributed by atoms with Crippen LogP contribution in [0.15, 0.2) is 24.5 Å². The molecule has 17 heavy (non-hydrogen) atoms. The molecule has 0 radical (unpaired) electrons. The molecule has 1 N–H and O–H groups in total. The van der Waals surface area contributed by atoms with E-state index < -0.39 is 5.97 Å². The largest absolute Gasteiger partial charge is 0.480 e. The molecule has 1 aromatic heterocycles. The zero-order chi connectivity index (χ0) is 11.4. The Balaban J connectivity index is 0.00000144. The molecule has 0 aliphatic carbocycles. The van der Waals surface area contributed by atoms with E-state index in [4.69, 9.17) is 5.11 Å². The summed E-state index contributed by atoms with van der Waals surface area (Å²) in [7, 11) is 0. The summed E-state index contributed by atoms with van der Waals surface area (Å²) in [6, 6.07) is 3.55. The zero-order valence-corrected chi connectivity index (χ0v) is 10.4. The maximum absolute atomic E-state index is 11.1. The van der Waals surface area contributed by atoms with Crippen LogP contribution in [0, 0.1) is 0 Å². The number of carboxylic acids is 1. The number of pyridine rings is 1. The van der Waals surface area contributed by atoms with Gasteiger partial charge in [-0.1, -0.05) is 12.5 Å². The normalized spacial score (nSPS) is 20.6. The summed E-state index contributed by atoms with van der Waals surface area (Å²) in [6.45, 7) is 1.55. The van der Waals surface area contributed by atoms with Crippen LogP contribution in [0.1, 0.15) is 24.8 Å². The molecule has 1 saturated heterocycles. The highest BCUT2D eigenvalue weighted by Gasteiger charge is 2.28. The van der Waals surface area contributed by atoms with E-state index in [9.17, 15) is 4.79 Å². The molecule has 0 spiro atoms. The van der Waals surface area contributed by atoms with Crippen LogP contribution in [-0.4, -0.2) is 33.5 Å². The number of carboxylic acid groups (broad SMARTS) is 1. The van der Waals surface area contributed by atoms with Crippen LogP contribution in [0.25, 0.3) is 0 Å². The molecular formula is C12H17ClN2O2. The minimum Gasteiger partial charge on any atom is -0.480 e. The van der Waals surface area contributed by atoms with Gasteiger partial charge in [-0.25, -0.2) is 0 Å². The lowest BCUT2D eigenvalue weighted by atomic mass is 10.0. The quantitative estimate of drug-likeness (QED) is 0.898. The van der Waals surface area contributed by atoms with Gasteiger partial charge in [0.25, 0.3) is 0 Å². The van der Waals surface area contributed by atoms with E-state index >= 15 is 0 Å². The highest BCUT2D eigenvalue weighted by atomic mass is 35.5. The van der Waals surface area contributed by atoms with E-state index in [1.165, 1.54) is 0 Å². The van der Waals surface area contributed by atoms with Crippen molar-refractivity contribution in [3.63, 3.8) is 0 Å². The highest BCUT2D eigenvalue weighted by molar-refractivity contribution is 5.85. The van der Waals surface area contributed by atoms with Crippen LogP contribution in [-0.2, 0) is 11.3 Å². The minimum atomic E-state index is -0.705. The van der Waals surface area contributed by atoms with Crippen molar-refractivity contribution in [2.75, 3.05) is 6.54 Å². The predicted octanol–water partition coefficient (Wildman–Crippen LogP) is 1.94. The Hall–Kier alpha value is -1.13. The lowest BCUT2D eigenvalue weighted by Crippen LogP contribution is -2.43. The minimum absolute atomic E-state index is 0. The number of likely N-dealkylation sites (tertiary alicyclic amines) is 1. The van der Waals surface area contributed by atoms with Crippen molar-refractivity contribution in [1.29, 1.82) is 0 Å². The van der Waals surface area contributed by atoms with E-state index in [0.717, 1.165) is 31.4 Å². The van der Waals surface area contributed by atoms with Crippen LogP contribution >= 0.6 is 12.4 Å². The number of hydrogen-bond acceptors (Lipinski definition) is 3. The number of rotatable bonds is 3. The fourth-order valence-corrected chi connectivity index (χ4v) is 2.19. The maximum Gasteiger partial charge on any atom is 0.320 e. The van der Waals surface area contributed by atoms with Crippen LogP contribution < -0.4 is 0 Å². The molecule has 0 amide bonds. The highest BCUT2D eigenvalue weighted by Crippen LogP contribution is 2.19. The summed E-state index contributed by atoms with van der Waals surface area (Å²) < 4.78 is 0. The fraction of sp³-hybridized carbons (Fsp3) is 0.500. The summed E-state index contributed by atoms with van der Waals surface area (Å²) in [6.07, 6.45) is 6.39. The number of halogens is 1. The van der Waals surface area contributed by atoms with E-state index in [2.05, 4.69) is 4.98 Å². The Bertz CT molecular complexity index is 359. The Morgan fingerprint density at radius 2 is 2.35 bits per heavy atom. The van der Waals surface area contributed by atoms with Crippen LogP contribution in [0.2, 0.25) is 0 Å². The molecule has 4 nitrogen and oxygen atoms in total. The predicted molar refractivity (Wildman–Crippen MR) is 67.2 cm³/mol. The first kappa shape index (κ1) is 13.9. The second kappa shape index (κ2) is 6.57. The van der Waals surface area contributed by atoms with E-state index in [-0.39, 0.29) is 18.4 Å². The number of piperidine rings is 1. The van der Waals surface area contributed by atoms with Crippen molar-refractivity contribution in [2.24, 2.45) is 0 Å². The standard InChI is InChI=1S/C12H16N2O2.ClH/c15-12(16)11-5-1-2-7-14(11)9-10-4-3-6-13-8-10;/h3-4,6,8,11H,1-2,5,7,9H2,(H,15,16);1H. The first-order chi connectivity index (χ1) is 7.77. The monoisotopic (exact) mass is 256 g/mol. The summed E-state index contributed by atoms with van der Waals surface area (Å²) in [4.78, 5) is 17.2. The third-order valence-electron chi connectivity index (χ3n) is 3.01. The molecular weight excluding hydrogens is 240 g/mol. The molecule has 0 saturated carbocycles. The number of aliphatic carboxylic acids is 1. The molecule has 2 heterocycles. The first-order valence-electron chi connectivity index (χ1n) is 5.63. The molecule has 2 rings (SSSR count). The molecule has 1 atom stereocenters. The second-order valence-electron chi connectivity index (χ2n) is 4.18. The van der Waals surface area contributed by atoms with Gasteiger partial charge in [0, 0.05) is 18.9 Å². The Kier molecular flexibility index (Phi) is 5.38. The van der Waals surface area contributed by atoms with Gasteiger partial charge in [0.15, 0.2) is 0 Å². The SMILES string of the molecule is Cl.O=C(O)C1CCCCN1Cc1cccnc1. The molecule has 1 aliphatic rings. The van der Waals surface area contributed by atoms with Gasteiger partial charge in [-0.05, 0) is 31.0 Å². The fourth-order valence-electron chi connectivity index (χ4n) is 2.19. The molecule has 94 valence electrons. The molecule has 1 aliphatic heterocycles. The smallest absolute Gasteiger partial charge is 0.320 e. The average molecular weight is 257 g/mol. The van der Waals surface area contributed by atoms with Gasteiger partial charge in [-0.3, -0.25) is 14.7 Å². The number of nitrogens with zero attached hydrogens (tertiary/aromatic N) is 2. The van der Waals surface area contributed by atoms with Gasteiger partial charge < -0.3 is 5.11 Å². The van der Waals surface area contributed by atoms with Crippen LogP contribution in [0.5, 0.6) is 0 Å². The Morgan fingerprint density at radius 3 is 3.00 bits per heavy atom. The lowest BCUT2D eigenvalue weighted by Gasteiger charge is -2.32. The van der Waals surface area contributed by atoms with Gasteiger partial charge in [-0.15, -0.1) is 12.4 Å². The van der Waals surface area contributed by atoms with Crippen molar-refractivity contribution in [1.82, 2.24) is 9.88 Å². The van der Waals surface area contributed by atoms with Crippen LogP contribution in [0.3, 0.4) is 0 Å². The molecule has 1 fully saturated rings. The molecule has 0 aromatic carbocycles. The van der Waals surface area contributed by atoms with Crippen molar-refractivity contribution in [3.8, 4) is 0 Å². The maximum atomic E-state index is 11.1. The summed E-state index contributed by atoms with van der Waals surface area (Å²) >= 11 is 0. The number of carbonyl (C=O) groups is 1. The Labute approximate surface area is 107 Å². The average Bonchev–Trinajstić information content (AvgIpc) is 2.31. The van der Waals surface area contributed by atoms with Crippen LogP contribution in [0.4, 0.5) is 0 Å². The summed E-state index contributed by atoms with van der Waals surface area (Å²) in [5.41, 5.74) is 1.08.